The molecule has 1 heterocycles. The molecule has 1 aliphatic heterocycles. The molecule has 3 aromatic carbocycles. The molecule has 0 spiro atoms. The largest absolute Gasteiger partial charge is 0.481 e. The number of aryl methyl sites for hydroxylation is 2. The van der Waals surface area contributed by atoms with Crippen molar-refractivity contribution in [2.45, 2.75) is 31.7 Å². The number of nitrogens with zero attached hydrogens (tertiary/aromatic N) is 1. The van der Waals surface area contributed by atoms with E-state index in [1.54, 1.807) is 11.8 Å². The monoisotopic (exact) mass is 493 g/mol. The fraction of sp³-hybridized carbons (Fsp3) is 0.276. The van der Waals surface area contributed by atoms with E-state index in [0.717, 1.165) is 40.0 Å². The van der Waals surface area contributed by atoms with Crippen LogP contribution in [0.15, 0.2) is 65.6 Å². The molecule has 3 nitrogen and oxygen atoms in total. The van der Waals surface area contributed by atoms with Gasteiger partial charge in [0.2, 0.25) is 0 Å². The zero-order chi connectivity index (χ0) is 24.9. The lowest BCUT2D eigenvalue weighted by atomic mass is 9.98. The Morgan fingerprint density at radius 3 is 2.31 bits per heavy atom. The predicted molar refractivity (Wildman–Crippen MR) is 138 cm³/mol. The highest BCUT2D eigenvalue weighted by atomic mass is 32.2. The first-order valence-electron chi connectivity index (χ1n) is 11.7. The molecule has 0 atom stereocenters. The van der Waals surface area contributed by atoms with E-state index in [2.05, 4.69) is 55.1 Å². The van der Waals surface area contributed by atoms with Gasteiger partial charge in [-0.3, -0.25) is 9.69 Å². The second-order valence-corrected chi connectivity index (χ2v) is 10.3. The number of carboxylic acid groups (broad SMARTS) is 1. The molecule has 0 saturated carbocycles. The van der Waals surface area contributed by atoms with Crippen molar-refractivity contribution in [2.24, 2.45) is 5.92 Å². The lowest BCUT2D eigenvalue weighted by Crippen LogP contribution is -2.49. The van der Waals surface area contributed by atoms with Crippen LogP contribution >= 0.6 is 11.8 Å². The van der Waals surface area contributed by atoms with Gasteiger partial charge in [0.15, 0.2) is 0 Å². The summed E-state index contributed by atoms with van der Waals surface area (Å²) in [5.74, 6) is -1.36. The van der Waals surface area contributed by atoms with E-state index in [1.165, 1.54) is 23.3 Å². The molecular formula is C29H29F2NO2S. The molecule has 1 aliphatic rings. The van der Waals surface area contributed by atoms with Gasteiger partial charge in [-0.25, -0.2) is 8.78 Å². The van der Waals surface area contributed by atoms with Gasteiger partial charge in [0.1, 0.15) is 11.6 Å². The third-order valence-corrected chi connectivity index (χ3v) is 7.40. The standard InChI is InChI=1S/C29H29F2NO2S/c1-19-3-4-22(11-20(19)2)12-23(24-13-26(30)15-27(31)14-24)9-10-35-28-7-5-21(6-8-28)16-32-17-25(18-32)29(33)34/h3-8,11-15,25H,9-10,16-18H2,1-2H3,(H,33,34). The van der Waals surface area contributed by atoms with Gasteiger partial charge in [0, 0.05) is 36.3 Å². The average Bonchev–Trinajstić information content (AvgIpc) is 2.77. The summed E-state index contributed by atoms with van der Waals surface area (Å²) in [6, 6.07) is 18.1. The molecule has 182 valence electrons. The maximum atomic E-state index is 13.9. The fourth-order valence-electron chi connectivity index (χ4n) is 4.18. The van der Waals surface area contributed by atoms with Gasteiger partial charge < -0.3 is 5.11 Å². The number of allylic oxidation sites excluding steroid dienone is 1. The summed E-state index contributed by atoms with van der Waals surface area (Å²) in [6.07, 6.45) is 2.67. The van der Waals surface area contributed by atoms with Gasteiger partial charge in [-0.05, 0) is 77.9 Å². The Morgan fingerprint density at radius 2 is 1.69 bits per heavy atom. The van der Waals surface area contributed by atoms with Crippen LogP contribution in [0, 0.1) is 31.4 Å². The normalized spacial score (nSPS) is 14.7. The molecule has 1 saturated heterocycles. The number of likely N-dealkylation sites (tertiary alicyclic amines) is 1. The van der Waals surface area contributed by atoms with Gasteiger partial charge in [-0.2, -0.15) is 0 Å². The van der Waals surface area contributed by atoms with Crippen molar-refractivity contribution in [2.75, 3.05) is 18.8 Å². The molecule has 0 radical (unpaired) electrons. The summed E-state index contributed by atoms with van der Waals surface area (Å²) in [4.78, 5) is 14.2. The van der Waals surface area contributed by atoms with E-state index in [9.17, 15) is 13.6 Å². The second-order valence-electron chi connectivity index (χ2n) is 9.14. The van der Waals surface area contributed by atoms with Crippen molar-refractivity contribution in [3.8, 4) is 0 Å². The molecule has 3 aromatic rings. The number of thioether (sulfide) groups is 1. The van der Waals surface area contributed by atoms with Crippen molar-refractivity contribution in [3.05, 3.63) is 100 Å². The molecule has 0 aromatic heterocycles. The van der Waals surface area contributed by atoms with Gasteiger partial charge in [0.25, 0.3) is 0 Å². The van der Waals surface area contributed by atoms with Crippen LogP contribution in [0.5, 0.6) is 0 Å². The van der Waals surface area contributed by atoms with E-state index < -0.39 is 17.6 Å². The highest BCUT2D eigenvalue weighted by molar-refractivity contribution is 7.99. The minimum Gasteiger partial charge on any atom is -0.481 e. The first kappa shape index (κ1) is 25.1. The van der Waals surface area contributed by atoms with Crippen LogP contribution in [0.4, 0.5) is 8.78 Å². The van der Waals surface area contributed by atoms with E-state index in [4.69, 9.17) is 5.11 Å². The topological polar surface area (TPSA) is 40.5 Å². The number of carbonyl (C=O) groups is 1. The summed E-state index contributed by atoms with van der Waals surface area (Å²) in [5.41, 5.74) is 6.00. The smallest absolute Gasteiger partial charge is 0.309 e. The van der Waals surface area contributed by atoms with E-state index in [0.29, 0.717) is 25.1 Å². The average molecular weight is 494 g/mol. The number of halogens is 2. The first-order valence-corrected chi connectivity index (χ1v) is 12.7. The molecular weight excluding hydrogens is 464 g/mol. The molecule has 4 rings (SSSR count). The van der Waals surface area contributed by atoms with E-state index >= 15 is 0 Å². The fourth-order valence-corrected chi connectivity index (χ4v) is 5.06. The van der Waals surface area contributed by atoms with Crippen molar-refractivity contribution in [1.82, 2.24) is 4.90 Å². The van der Waals surface area contributed by atoms with Crippen molar-refractivity contribution >= 4 is 29.4 Å². The van der Waals surface area contributed by atoms with Crippen LogP contribution < -0.4 is 0 Å². The number of rotatable bonds is 9. The molecule has 0 bridgehead atoms. The van der Waals surface area contributed by atoms with Crippen molar-refractivity contribution in [1.29, 1.82) is 0 Å². The third kappa shape index (κ3) is 6.80. The Labute approximate surface area is 209 Å². The Hall–Kier alpha value is -2.96. The van der Waals surface area contributed by atoms with Crippen LogP contribution in [-0.2, 0) is 11.3 Å². The van der Waals surface area contributed by atoms with Gasteiger partial charge in [-0.15, -0.1) is 11.8 Å². The second kappa shape index (κ2) is 11.2. The Bertz CT molecular complexity index is 1210. The van der Waals surface area contributed by atoms with E-state index in [1.807, 2.05) is 12.1 Å². The summed E-state index contributed by atoms with van der Waals surface area (Å²) in [5, 5.41) is 9.01. The Kier molecular flexibility index (Phi) is 8.04. The van der Waals surface area contributed by atoms with Gasteiger partial charge in [-0.1, -0.05) is 36.4 Å². The zero-order valence-corrected chi connectivity index (χ0v) is 20.7. The van der Waals surface area contributed by atoms with Crippen molar-refractivity contribution < 1.29 is 18.7 Å². The van der Waals surface area contributed by atoms with Gasteiger partial charge >= 0.3 is 5.97 Å². The lowest BCUT2D eigenvalue weighted by Gasteiger charge is -2.36. The maximum absolute atomic E-state index is 13.9. The van der Waals surface area contributed by atoms with Gasteiger partial charge in [0.05, 0.1) is 5.92 Å². The summed E-state index contributed by atoms with van der Waals surface area (Å²) >= 11 is 1.70. The number of hydrogen-bond acceptors (Lipinski definition) is 3. The lowest BCUT2D eigenvalue weighted by molar-refractivity contribution is -0.147. The van der Waals surface area contributed by atoms with Crippen LogP contribution in [-0.4, -0.2) is 34.8 Å². The number of benzene rings is 3. The molecule has 0 amide bonds. The highest BCUT2D eigenvalue weighted by Crippen LogP contribution is 2.29. The molecule has 1 N–H and O–H groups in total. The zero-order valence-electron chi connectivity index (χ0n) is 19.9. The predicted octanol–water partition coefficient (Wildman–Crippen LogP) is 6.82. The Morgan fingerprint density at radius 1 is 1.00 bits per heavy atom. The quantitative estimate of drug-likeness (QED) is 0.262. The molecule has 35 heavy (non-hydrogen) atoms. The minimum absolute atomic E-state index is 0.248. The summed E-state index contributed by atoms with van der Waals surface area (Å²) in [6.45, 7) is 6.07. The van der Waals surface area contributed by atoms with Crippen LogP contribution in [0.25, 0.3) is 11.6 Å². The molecule has 0 aliphatic carbocycles. The minimum atomic E-state index is -0.722. The van der Waals surface area contributed by atoms with Crippen molar-refractivity contribution in [3.63, 3.8) is 0 Å². The summed E-state index contributed by atoms with van der Waals surface area (Å²) < 4.78 is 27.9. The molecule has 0 unspecified atom stereocenters. The number of carboxylic acids is 1. The summed E-state index contributed by atoms with van der Waals surface area (Å²) in [7, 11) is 0. The Balaban J connectivity index is 1.41. The number of hydrogen-bond donors (Lipinski definition) is 1. The highest BCUT2D eigenvalue weighted by Gasteiger charge is 2.32. The third-order valence-electron chi connectivity index (χ3n) is 6.38. The maximum Gasteiger partial charge on any atom is 0.309 e. The van der Waals surface area contributed by atoms with Crippen LogP contribution in [0.2, 0.25) is 0 Å². The molecule has 1 fully saturated rings. The first-order chi connectivity index (χ1) is 16.8. The SMILES string of the molecule is Cc1ccc(C=C(CCSc2ccc(CN3CC(C(=O)O)C3)cc2)c2cc(F)cc(F)c2)cc1C. The van der Waals surface area contributed by atoms with Crippen LogP contribution in [0.3, 0.4) is 0 Å². The number of aliphatic carboxylic acids is 1. The van der Waals surface area contributed by atoms with E-state index in [-0.39, 0.29) is 5.92 Å². The van der Waals surface area contributed by atoms with Crippen LogP contribution in [0.1, 0.15) is 34.2 Å². The molecule has 6 heteroatoms.